The van der Waals surface area contributed by atoms with Gasteiger partial charge in [0.2, 0.25) is 0 Å². The molecule has 0 bridgehead atoms. The summed E-state index contributed by atoms with van der Waals surface area (Å²) in [5.74, 6) is 0.172. The summed E-state index contributed by atoms with van der Waals surface area (Å²) in [6.07, 6.45) is 0. The van der Waals surface area contributed by atoms with Gasteiger partial charge in [0.05, 0.1) is 11.1 Å². The van der Waals surface area contributed by atoms with E-state index in [1.807, 2.05) is 0 Å². The first-order valence-electron chi connectivity index (χ1n) is 3.48. The molecule has 1 aromatic carbocycles. The standard InChI is InChI=1S/C8H6Br3FO/c9-1-2-13-7-4-5(10)3-6(12)8(7)11/h3-4H,1-2H2. The summed E-state index contributed by atoms with van der Waals surface area (Å²) in [4.78, 5) is 0. The Morgan fingerprint density at radius 3 is 2.62 bits per heavy atom. The van der Waals surface area contributed by atoms with E-state index in [4.69, 9.17) is 4.74 Å². The molecule has 0 unspecified atom stereocenters. The molecule has 0 saturated carbocycles. The highest BCUT2D eigenvalue weighted by Crippen LogP contribution is 2.31. The zero-order valence-corrected chi connectivity index (χ0v) is 11.2. The molecular formula is C8H6Br3FO. The lowest BCUT2D eigenvalue weighted by atomic mass is 10.3. The van der Waals surface area contributed by atoms with E-state index in [2.05, 4.69) is 47.8 Å². The molecule has 1 nitrogen and oxygen atoms in total. The van der Waals surface area contributed by atoms with Crippen molar-refractivity contribution in [1.29, 1.82) is 0 Å². The number of hydrogen-bond donors (Lipinski definition) is 0. The van der Waals surface area contributed by atoms with Crippen molar-refractivity contribution in [2.45, 2.75) is 0 Å². The Labute approximate surface area is 101 Å². The van der Waals surface area contributed by atoms with Gasteiger partial charge in [0.15, 0.2) is 0 Å². The molecule has 0 fully saturated rings. The van der Waals surface area contributed by atoms with E-state index in [9.17, 15) is 4.39 Å². The lowest BCUT2D eigenvalue weighted by Crippen LogP contribution is -1.99. The smallest absolute Gasteiger partial charge is 0.142 e. The maximum Gasteiger partial charge on any atom is 0.142 e. The largest absolute Gasteiger partial charge is 0.491 e. The second-order valence-electron chi connectivity index (χ2n) is 2.24. The van der Waals surface area contributed by atoms with Gasteiger partial charge in [0.25, 0.3) is 0 Å². The third-order valence-electron chi connectivity index (χ3n) is 1.29. The van der Waals surface area contributed by atoms with Crippen LogP contribution in [-0.4, -0.2) is 11.9 Å². The van der Waals surface area contributed by atoms with Gasteiger partial charge in [-0.05, 0) is 28.1 Å². The number of rotatable bonds is 3. The maximum absolute atomic E-state index is 13.1. The highest BCUT2D eigenvalue weighted by Gasteiger charge is 2.08. The van der Waals surface area contributed by atoms with Crippen LogP contribution < -0.4 is 4.74 Å². The molecular weight excluding hydrogens is 371 g/mol. The van der Waals surface area contributed by atoms with Crippen molar-refractivity contribution < 1.29 is 9.13 Å². The van der Waals surface area contributed by atoms with Crippen LogP contribution in [0.1, 0.15) is 0 Å². The summed E-state index contributed by atoms with van der Waals surface area (Å²) in [5.41, 5.74) is 0. The number of hydrogen-bond acceptors (Lipinski definition) is 1. The van der Waals surface area contributed by atoms with Gasteiger partial charge in [-0.3, -0.25) is 0 Å². The first-order chi connectivity index (χ1) is 6.15. The molecule has 0 amide bonds. The summed E-state index contributed by atoms with van der Waals surface area (Å²) in [6.45, 7) is 0.508. The zero-order valence-electron chi connectivity index (χ0n) is 6.49. The van der Waals surface area contributed by atoms with E-state index in [1.165, 1.54) is 6.07 Å². The quantitative estimate of drug-likeness (QED) is 0.569. The number of ether oxygens (including phenoxy) is 1. The van der Waals surface area contributed by atoms with Crippen LogP contribution in [0.3, 0.4) is 0 Å². The van der Waals surface area contributed by atoms with E-state index in [1.54, 1.807) is 6.07 Å². The normalized spacial score (nSPS) is 10.2. The fraction of sp³-hybridized carbons (Fsp3) is 0.250. The monoisotopic (exact) mass is 374 g/mol. The van der Waals surface area contributed by atoms with Crippen LogP contribution in [0.2, 0.25) is 0 Å². The molecule has 5 heteroatoms. The molecule has 0 aliphatic rings. The highest BCUT2D eigenvalue weighted by atomic mass is 79.9. The van der Waals surface area contributed by atoms with Gasteiger partial charge in [0.1, 0.15) is 11.6 Å². The summed E-state index contributed by atoms with van der Waals surface area (Å²) in [6, 6.07) is 3.10. The lowest BCUT2D eigenvalue weighted by molar-refractivity contribution is 0.340. The second kappa shape index (κ2) is 5.32. The second-order valence-corrected chi connectivity index (χ2v) is 4.74. The van der Waals surface area contributed by atoms with Crippen molar-refractivity contribution in [1.82, 2.24) is 0 Å². The van der Waals surface area contributed by atoms with Crippen molar-refractivity contribution in [3.63, 3.8) is 0 Å². The first-order valence-corrected chi connectivity index (χ1v) is 6.19. The predicted molar refractivity (Wildman–Crippen MR) is 61.1 cm³/mol. The average Bonchev–Trinajstić information content (AvgIpc) is 2.09. The van der Waals surface area contributed by atoms with Crippen molar-refractivity contribution in [3.8, 4) is 5.75 Å². The van der Waals surface area contributed by atoms with Crippen molar-refractivity contribution in [3.05, 3.63) is 26.9 Å². The zero-order chi connectivity index (χ0) is 9.84. The van der Waals surface area contributed by atoms with Crippen molar-refractivity contribution in [2.24, 2.45) is 0 Å². The van der Waals surface area contributed by atoms with Gasteiger partial charge < -0.3 is 4.74 Å². The molecule has 0 aliphatic carbocycles. The van der Waals surface area contributed by atoms with Gasteiger partial charge in [-0.15, -0.1) is 0 Å². The summed E-state index contributed by atoms with van der Waals surface area (Å²) < 4.78 is 19.4. The van der Waals surface area contributed by atoms with Gasteiger partial charge >= 0.3 is 0 Å². The fourth-order valence-electron chi connectivity index (χ4n) is 0.786. The van der Waals surface area contributed by atoms with Gasteiger partial charge in [-0.25, -0.2) is 4.39 Å². The Balaban J connectivity index is 2.92. The Kier molecular flexibility index (Phi) is 4.69. The lowest BCUT2D eigenvalue weighted by Gasteiger charge is -2.07. The molecule has 0 radical (unpaired) electrons. The van der Waals surface area contributed by atoms with Gasteiger partial charge in [-0.2, -0.15) is 0 Å². The van der Waals surface area contributed by atoms with Crippen LogP contribution in [0.4, 0.5) is 4.39 Å². The molecule has 0 atom stereocenters. The molecule has 0 N–H and O–H groups in total. The van der Waals surface area contributed by atoms with Crippen LogP contribution in [0.5, 0.6) is 5.75 Å². The highest BCUT2D eigenvalue weighted by molar-refractivity contribution is 9.11. The maximum atomic E-state index is 13.1. The van der Waals surface area contributed by atoms with Gasteiger partial charge in [-0.1, -0.05) is 31.9 Å². The van der Waals surface area contributed by atoms with Crippen molar-refractivity contribution in [2.75, 3.05) is 11.9 Å². The predicted octanol–water partition coefficient (Wildman–Crippen LogP) is 4.12. The minimum atomic E-state index is -0.334. The van der Waals surface area contributed by atoms with Crippen LogP contribution in [-0.2, 0) is 0 Å². The molecule has 72 valence electrons. The first kappa shape index (κ1) is 11.5. The van der Waals surface area contributed by atoms with Crippen molar-refractivity contribution >= 4 is 47.8 Å². The van der Waals surface area contributed by atoms with E-state index >= 15 is 0 Å². The SMILES string of the molecule is Fc1cc(Br)cc(OCCBr)c1Br. The van der Waals surface area contributed by atoms with Crippen LogP contribution in [0.25, 0.3) is 0 Å². The van der Waals surface area contributed by atoms with E-state index < -0.39 is 0 Å². The van der Waals surface area contributed by atoms with Crippen LogP contribution >= 0.6 is 47.8 Å². The van der Waals surface area contributed by atoms with E-state index in [0.717, 1.165) is 0 Å². The van der Waals surface area contributed by atoms with Crippen LogP contribution in [0.15, 0.2) is 21.1 Å². The molecule has 0 aliphatic heterocycles. The number of halogens is 4. The molecule has 1 aromatic rings. The van der Waals surface area contributed by atoms with E-state index in [-0.39, 0.29) is 5.82 Å². The molecule has 13 heavy (non-hydrogen) atoms. The molecule has 1 rings (SSSR count). The van der Waals surface area contributed by atoms with Gasteiger partial charge in [0, 0.05) is 9.80 Å². The summed E-state index contributed by atoms with van der Waals surface area (Å²) >= 11 is 9.52. The molecule has 0 saturated heterocycles. The van der Waals surface area contributed by atoms with Crippen LogP contribution in [0, 0.1) is 5.82 Å². The summed E-state index contributed by atoms with van der Waals surface area (Å²) in [7, 11) is 0. The minimum absolute atomic E-state index is 0.334. The summed E-state index contributed by atoms with van der Waals surface area (Å²) in [5, 5.41) is 0.716. The molecule has 0 heterocycles. The Hall–Kier alpha value is 0.390. The number of benzene rings is 1. The topological polar surface area (TPSA) is 9.23 Å². The Bertz CT molecular complexity index is 304. The Morgan fingerprint density at radius 2 is 2.00 bits per heavy atom. The van der Waals surface area contributed by atoms with E-state index in [0.29, 0.717) is 26.6 Å². The molecule has 0 aromatic heterocycles. The molecule has 0 spiro atoms. The Morgan fingerprint density at radius 1 is 1.31 bits per heavy atom. The average molecular weight is 377 g/mol. The number of alkyl halides is 1. The fourth-order valence-corrected chi connectivity index (χ4v) is 1.70. The minimum Gasteiger partial charge on any atom is -0.491 e. The third kappa shape index (κ3) is 3.22. The third-order valence-corrected chi connectivity index (χ3v) is 2.85.